The van der Waals surface area contributed by atoms with Gasteiger partial charge >= 0.3 is 5.97 Å². The summed E-state index contributed by atoms with van der Waals surface area (Å²) in [5, 5.41) is 9.15. The largest absolute Gasteiger partial charge is 0.456 e. The number of nitriles is 1. The Morgan fingerprint density at radius 1 is 1.25 bits per heavy atom. The van der Waals surface area contributed by atoms with Crippen LogP contribution >= 0.6 is 0 Å². The van der Waals surface area contributed by atoms with Crippen LogP contribution in [0.25, 0.3) is 0 Å². The molecule has 3 rings (SSSR count). The number of nitrogens with one attached hydrogen (secondary N) is 1. The molecular formula is C23H25N3O6. The molecule has 0 radical (unpaired) electrons. The number of aromatic amines is 1. The third-order valence-corrected chi connectivity index (χ3v) is 5.40. The maximum absolute atomic E-state index is 12.5. The SMILES string of the molecule is CCN(Cc1ccc2c(c1)OCO2)C(=O)COC(=O)CCc1c(C)[nH]c(=O)c(C#N)c1C. The highest BCUT2D eigenvalue weighted by Crippen LogP contribution is 2.32. The molecule has 168 valence electrons. The Bertz CT molecular complexity index is 1130. The standard InChI is InChI=1S/C23H25N3O6/c1-4-26(11-16-5-7-19-20(9-16)32-13-31-19)21(27)12-30-22(28)8-6-17-14(2)18(10-24)23(29)25-15(17)3/h5,7,9H,4,6,8,11-13H2,1-3H3,(H,25,29). The van der Waals surface area contributed by atoms with Crippen molar-refractivity contribution in [2.24, 2.45) is 0 Å². The van der Waals surface area contributed by atoms with E-state index in [0.29, 0.717) is 42.3 Å². The molecule has 1 aliphatic rings. The third-order valence-electron chi connectivity index (χ3n) is 5.40. The Labute approximate surface area is 185 Å². The smallest absolute Gasteiger partial charge is 0.306 e. The van der Waals surface area contributed by atoms with Crippen LogP contribution < -0.4 is 15.0 Å². The summed E-state index contributed by atoms with van der Waals surface area (Å²) in [5.74, 6) is 0.486. The Hall–Kier alpha value is -3.80. The van der Waals surface area contributed by atoms with Crippen LogP contribution in [0.4, 0.5) is 0 Å². The van der Waals surface area contributed by atoms with Gasteiger partial charge < -0.3 is 24.1 Å². The molecule has 1 N–H and O–H groups in total. The summed E-state index contributed by atoms with van der Waals surface area (Å²) in [4.78, 5) is 40.8. The van der Waals surface area contributed by atoms with E-state index in [1.54, 1.807) is 24.8 Å². The number of likely N-dealkylation sites (N-methyl/N-ethyl adjacent to an activating group) is 1. The maximum Gasteiger partial charge on any atom is 0.306 e. The van der Waals surface area contributed by atoms with Crippen molar-refractivity contribution in [3.63, 3.8) is 0 Å². The van der Waals surface area contributed by atoms with Crippen molar-refractivity contribution in [3.8, 4) is 17.6 Å². The van der Waals surface area contributed by atoms with Crippen molar-refractivity contribution in [2.75, 3.05) is 19.9 Å². The second-order valence-corrected chi connectivity index (χ2v) is 7.43. The van der Waals surface area contributed by atoms with Crippen molar-refractivity contribution in [1.82, 2.24) is 9.88 Å². The second kappa shape index (κ2) is 10.0. The minimum atomic E-state index is -0.527. The van der Waals surface area contributed by atoms with Crippen LogP contribution in [0.5, 0.6) is 11.5 Å². The molecule has 9 nitrogen and oxygen atoms in total. The number of carbonyl (C=O) groups excluding carboxylic acids is 2. The number of ether oxygens (including phenoxy) is 3. The van der Waals surface area contributed by atoms with Crippen molar-refractivity contribution in [2.45, 2.75) is 40.2 Å². The van der Waals surface area contributed by atoms with Gasteiger partial charge in [-0.15, -0.1) is 0 Å². The number of carbonyl (C=O) groups is 2. The van der Waals surface area contributed by atoms with Crippen LogP contribution in [-0.4, -0.2) is 41.7 Å². The van der Waals surface area contributed by atoms with E-state index in [2.05, 4.69) is 4.98 Å². The van der Waals surface area contributed by atoms with Gasteiger partial charge in [-0.1, -0.05) is 6.07 Å². The minimum Gasteiger partial charge on any atom is -0.456 e. The molecule has 0 unspecified atom stereocenters. The lowest BCUT2D eigenvalue weighted by molar-refractivity contribution is -0.152. The van der Waals surface area contributed by atoms with E-state index in [1.807, 2.05) is 25.1 Å². The normalized spacial score (nSPS) is 11.7. The van der Waals surface area contributed by atoms with Gasteiger partial charge in [0.25, 0.3) is 11.5 Å². The molecule has 0 saturated carbocycles. The van der Waals surface area contributed by atoms with Gasteiger partial charge in [0.15, 0.2) is 18.1 Å². The lowest BCUT2D eigenvalue weighted by Crippen LogP contribution is -2.34. The fraction of sp³-hybridized carbons (Fsp3) is 0.391. The summed E-state index contributed by atoms with van der Waals surface area (Å²) in [6, 6.07) is 7.38. The third kappa shape index (κ3) is 5.09. The molecule has 1 aliphatic heterocycles. The molecule has 0 atom stereocenters. The average molecular weight is 439 g/mol. The summed E-state index contributed by atoms with van der Waals surface area (Å²) in [7, 11) is 0. The maximum atomic E-state index is 12.5. The van der Waals surface area contributed by atoms with Gasteiger partial charge in [-0.25, -0.2) is 0 Å². The van der Waals surface area contributed by atoms with Gasteiger partial charge in [0.2, 0.25) is 6.79 Å². The van der Waals surface area contributed by atoms with Crippen LogP contribution in [0.1, 0.15) is 41.3 Å². The zero-order valence-electron chi connectivity index (χ0n) is 18.3. The Balaban J connectivity index is 1.53. The number of benzene rings is 1. The number of hydrogen-bond acceptors (Lipinski definition) is 7. The first-order valence-corrected chi connectivity index (χ1v) is 10.3. The monoisotopic (exact) mass is 439 g/mol. The van der Waals surface area contributed by atoms with Crippen molar-refractivity contribution in [1.29, 1.82) is 5.26 Å². The summed E-state index contributed by atoms with van der Waals surface area (Å²) in [6.45, 7) is 5.88. The predicted octanol–water partition coefficient (Wildman–Crippen LogP) is 2.12. The molecule has 0 bridgehead atoms. The first-order valence-electron chi connectivity index (χ1n) is 10.3. The van der Waals surface area contributed by atoms with Gasteiger partial charge in [-0.2, -0.15) is 5.26 Å². The van der Waals surface area contributed by atoms with E-state index in [0.717, 1.165) is 11.1 Å². The summed E-state index contributed by atoms with van der Waals surface area (Å²) in [5.41, 5.74) is 2.36. The van der Waals surface area contributed by atoms with Crippen molar-refractivity contribution in [3.05, 3.63) is 56.5 Å². The Morgan fingerprint density at radius 2 is 2.00 bits per heavy atom. The topological polar surface area (TPSA) is 122 Å². The van der Waals surface area contributed by atoms with Crippen molar-refractivity contribution >= 4 is 11.9 Å². The molecule has 2 heterocycles. The highest BCUT2D eigenvalue weighted by atomic mass is 16.7. The van der Waals surface area contributed by atoms with Gasteiger partial charge in [0, 0.05) is 25.2 Å². The molecule has 1 amide bonds. The van der Waals surface area contributed by atoms with Crippen LogP contribution in [0, 0.1) is 25.2 Å². The highest BCUT2D eigenvalue weighted by molar-refractivity contribution is 5.80. The van der Waals surface area contributed by atoms with Crippen LogP contribution in [-0.2, 0) is 27.3 Å². The number of esters is 1. The van der Waals surface area contributed by atoms with E-state index in [4.69, 9.17) is 19.5 Å². The minimum absolute atomic E-state index is 0.0279. The zero-order chi connectivity index (χ0) is 23.3. The summed E-state index contributed by atoms with van der Waals surface area (Å²) < 4.78 is 15.8. The Morgan fingerprint density at radius 3 is 2.72 bits per heavy atom. The van der Waals surface area contributed by atoms with Gasteiger partial charge in [0.1, 0.15) is 11.6 Å². The van der Waals surface area contributed by atoms with E-state index >= 15 is 0 Å². The molecule has 32 heavy (non-hydrogen) atoms. The molecule has 0 aliphatic carbocycles. The number of nitrogens with zero attached hydrogens (tertiary/aromatic N) is 2. The quantitative estimate of drug-likeness (QED) is 0.625. The van der Waals surface area contributed by atoms with E-state index < -0.39 is 11.5 Å². The number of fused-ring (bicyclic) bond motifs is 1. The lowest BCUT2D eigenvalue weighted by atomic mass is 9.99. The molecule has 2 aromatic rings. The Kier molecular flexibility index (Phi) is 7.15. The number of pyridine rings is 1. The van der Waals surface area contributed by atoms with Gasteiger partial charge in [0.05, 0.1) is 0 Å². The van der Waals surface area contributed by atoms with Crippen LogP contribution in [0.2, 0.25) is 0 Å². The van der Waals surface area contributed by atoms with E-state index in [-0.39, 0.29) is 31.3 Å². The predicted molar refractivity (Wildman–Crippen MR) is 114 cm³/mol. The number of amides is 1. The molecular weight excluding hydrogens is 414 g/mol. The fourth-order valence-electron chi connectivity index (χ4n) is 3.59. The molecule has 0 fully saturated rings. The van der Waals surface area contributed by atoms with Gasteiger partial charge in [-0.3, -0.25) is 14.4 Å². The lowest BCUT2D eigenvalue weighted by Gasteiger charge is -2.21. The second-order valence-electron chi connectivity index (χ2n) is 7.43. The number of hydrogen-bond donors (Lipinski definition) is 1. The number of rotatable bonds is 8. The van der Waals surface area contributed by atoms with Crippen LogP contribution in [0.3, 0.4) is 0 Å². The average Bonchev–Trinajstić information content (AvgIpc) is 3.23. The summed E-state index contributed by atoms with van der Waals surface area (Å²) >= 11 is 0. The summed E-state index contributed by atoms with van der Waals surface area (Å²) in [6.07, 6.45) is 0.324. The number of H-pyrrole nitrogens is 1. The fourth-order valence-corrected chi connectivity index (χ4v) is 3.59. The van der Waals surface area contributed by atoms with E-state index in [9.17, 15) is 14.4 Å². The zero-order valence-corrected chi connectivity index (χ0v) is 18.3. The highest BCUT2D eigenvalue weighted by Gasteiger charge is 2.19. The van der Waals surface area contributed by atoms with Crippen LogP contribution in [0.15, 0.2) is 23.0 Å². The molecule has 0 spiro atoms. The van der Waals surface area contributed by atoms with Crippen molar-refractivity contribution < 1.29 is 23.8 Å². The molecule has 9 heteroatoms. The molecule has 1 aromatic heterocycles. The molecule has 0 saturated heterocycles. The van der Waals surface area contributed by atoms with Gasteiger partial charge in [-0.05, 0) is 56.0 Å². The molecule has 1 aromatic carbocycles. The number of aromatic nitrogens is 1. The number of aryl methyl sites for hydroxylation is 1. The van der Waals surface area contributed by atoms with E-state index in [1.165, 1.54) is 0 Å². The first-order chi connectivity index (χ1) is 15.3. The first kappa shape index (κ1) is 22.9.